The highest BCUT2D eigenvalue weighted by molar-refractivity contribution is 6.34. The van der Waals surface area contributed by atoms with Crippen molar-refractivity contribution < 1.29 is 55.0 Å². The number of amides is 5. The fourth-order valence-electron chi connectivity index (χ4n) is 12.3. The Morgan fingerprint density at radius 3 is 2.27 bits per heavy atom. The molecule has 398 valence electrons. The number of likely N-dealkylation sites (tertiary alicyclic amines) is 2. The lowest BCUT2D eigenvalue weighted by Crippen LogP contribution is -2.49. The van der Waals surface area contributed by atoms with Crippen LogP contribution in [0.4, 0.5) is 37.0 Å². The van der Waals surface area contributed by atoms with Crippen LogP contribution in [0, 0.1) is 35.1 Å². The van der Waals surface area contributed by atoms with E-state index in [4.69, 9.17) is 22.1 Å². The molecule has 1 aromatic heterocycles. The number of nitrogens with two attached hydrogens (primary N) is 1. The van der Waals surface area contributed by atoms with E-state index in [2.05, 4.69) is 25.4 Å². The van der Waals surface area contributed by atoms with Gasteiger partial charge < -0.3 is 30.3 Å². The van der Waals surface area contributed by atoms with Gasteiger partial charge in [0, 0.05) is 92.4 Å². The van der Waals surface area contributed by atoms with Crippen molar-refractivity contribution in [3.05, 3.63) is 105 Å². The number of nitrogens with one attached hydrogen (secondary N) is 2. The predicted molar refractivity (Wildman–Crippen MR) is 267 cm³/mol. The van der Waals surface area contributed by atoms with E-state index in [-0.39, 0.29) is 82.5 Å². The molecule has 5 heterocycles. The zero-order chi connectivity index (χ0) is 53.0. The van der Waals surface area contributed by atoms with Crippen molar-refractivity contribution in [3.63, 3.8) is 0 Å². The standard InChI is InChI=1S/C54H57ClF6N8O6/c1-28-41-39(25-37(57)45(55)44(41)43-34(49(62)71)12-13-38(46(43)58)74-52(60)61)75-54(28,32-6-4-3-5-7-32)27-63-33-10-8-31(9-11-33)51(72)68-21-14-29(15-22-68)26-67-19-16-30(17-20-67)42-36(56)24-35-48(47(42)59)66(2)65-50(35)69-23-18-40(70)64-53(69)73/h3-7,12-13,24-25,28-31,33,52,63H,8-11,14-23,26-27H2,1-2H3,(H2,62,71)(H,64,70,73). The van der Waals surface area contributed by atoms with E-state index in [1.165, 1.54) is 15.6 Å². The third-order valence-corrected chi connectivity index (χ3v) is 16.6. The van der Waals surface area contributed by atoms with Gasteiger partial charge in [-0.2, -0.15) is 13.9 Å². The van der Waals surface area contributed by atoms with Gasteiger partial charge in [0.05, 0.1) is 16.0 Å². The number of urea groups is 1. The van der Waals surface area contributed by atoms with Crippen LogP contribution in [0.2, 0.25) is 5.02 Å². The number of carbonyl (C=O) groups is 4. The molecule has 0 spiro atoms. The Kier molecular flexibility index (Phi) is 14.6. The van der Waals surface area contributed by atoms with E-state index in [1.807, 2.05) is 35.2 Å². The molecule has 4 fully saturated rings. The average molecular weight is 1060 g/mol. The summed E-state index contributed by atoms with van der Waals surface area (Å²) in [7, 11) is 1.55. The number of primary amides is 1. The zero-order valence-corrected chi connectivity index (χ0v) is 42.1. The van der Waals surface area contributed by atoms with Crippen LogP contribution in [0.25, 0.3) is 22.0 Å². The molecule has 75 heavy (non-hydrogen) atoms. The Morgan fingerprint density at radius 2 is 1.60 bits per heavy atom. The number of rotatable bonds is 13. The van der Waals surface area contributed by atoms with E-state index < -0.39 is 81.1 Å². The van der Waals surface area contributed by atoms with Crippen LogP contribution in [-0.4, -0.2) is 102 Å². The molecule has 21 heteroatoms. The molecule has 0 radical (unpaired) electrons. The SMILES string of the molecule is CC1c2c(cc(F)c(Cl)c2-c2c(C(N)=O)ccc(OC(F)F)c2F)OC1(CNC1CCC(C(=O)N2CCC(CN3CCC(c4c(F)cc5c(N6CCC(=O)NC6=O)nn(C)c5c4F)CC3)CC2)CC1)c1ccccc1. The first kappa shape index (κ1) is 52.1. The van der Waals surface area contributed by atoms with Gasteiger partial charge in [0.15, 0.2) is 28.8 Å². The number of aryl methyl sites for hydroxylation is 1. The zero-order valence-electron chi connectivity index (χ0n) is 41.4. The number of ether oxygens (including phenoxy) is 2. The normalized spacial score (nSPS) is 22.9. The summed E-state index contributed by atoms with van der Waals surface area (Å²) in [6.45, 7) is 2.11. The molecule has 3 saturated heterocycles. The predicted octanol–water partition coefficient (Wildman–Crippen LogP) is 9.25. The van der Waals surface area contributed by atoms with E-state index in [1.54, 1.807) is 14.0 Å². The van der Waals surface area contributed by atoms with Crippen molar-refractivity contribution in [2.45, 2.75) is 94.8 Å². The van der Waals surface area contributed by atoms with E-state index >= 15 is 17.6 Å². The smallest absolute Gasteiger partial charge is 0.387 e. The Labute approximate surface area is 433 Å². The fraction of sp³-hybridized carbons (Fsp3) is 0.463. The second kappa shape index (κ2) is 21.0. The minimum absolute atomic E-state index is 0.0204. The molecule has 2 atom stereocenters. The first-order valence-electron chi connectivity index (χ1n) is 25.5. The average Bonchev–Trinajstić information content (AvgIpc) is 3.90. The summed E-state index contributed by atoms with van der Waals surface area (Å²) in [5.74, 6) is -6.68. The lowest BCUT2D eigenvalue weighted by atomic mass is 9.77. The van der Waals surface area contributed by atoms with Crippen molar-refractivity contribution in [3.8, 4) is 22.6 Å². The van der Waals surface area contributed by atoms with Crippen LogP contribution in [0.15, 0.2) is 54.6 Å². The number of aromatic nitrogens is 2. The number of benzene rings is 4. The second-order valence-electron chi connectivity index (χ2n) is 20.5. The Hall–Kier alpha value is -6.38. The molecule has 1 aliphatic carbocycles. The number of alkyl halides is 2. The summed E-state index contributed by atoms with van der Waals surface area (Å²) < 4.78 is 103. The van der Waals surface area contributed by atoms with Gasteiger partial charge in [0.1, 0.15) is 22.9 Å². The summed E-state index contributed by atoms with van der Waals surface area (Å²) in [6.07, 6.45) is 5.57. The van der Waals surface area contributed by atoms with Gasteiger partial charge in [-0.3, -0.25) is 29.3 Å². The summed E-state index contributed by atoms with van der Waals surface area (Å²) in [4.78, 5) is 56.4. The number of carbonyl (C=O) groups excluding carboxylic acids is 4. The third-order valence-electron chi connectivity index (χ3n) is 16.3. The van der Waals surface area contributed by atoms with Crippen LogP contribution in [0.3, 0.4) is 0 Å². The molecule has 2 unspecified atom stereocenters. The lowest BCUT2D eigenvalue weighted by Gasteiger charge is -2.40. The number of nitrogens with zero attached hydrogens (tertiary/aromatic N) is 5. The number of imide groups is 1. The molecule has 4 aromatic carbocycles. The second-order valence-corrected chi connectivity index (χ2v) is 20.9. The van der Waals surface area contributed by atoms with Gasteiger partial charge in [-0.25, -0.2) is 22.4 Å². The summed E-state index contributed by atoms with van der Waals surface area (Å²) in [5.41, 5.74) is 4.25. The number of halogens is 7. The first-order chi connectivity index (χ1) is 35.9. The van der Waals surface area contributed by atoms with E-state index in [0.717, 1.165) is 37.6 Å². The van der Waals surface area contributed by atoms with Gasteiger partial charge in [0.25, 0.3) is 0 Å². The Morgan fingerprint density at radius 1 is 0.893 bits per heavy atom. The molecule has 0 bridgehead atoms. The maximum absolute atomic E-state index is 16.3. The molecule has 5 aliphatic rings. The quantitative estimate of drug-likeness (QED) is 0.0976. The van der Waals surface area contributed by atoms with Crippen LogP contribution < -0.4 is 30.7 Å². The Balaban J connectivity index is 0.741. The molecule has 14 nitrogen and oxygen atoms in total. The molecule has 5 amide bonds. The first-order valence-corrected chi connectivity index (χ1v) is 25.9. The maximum Gasteiger partial charge on any atom is 0.387 e. The molecule has 5 aromatic rings. The lowest BCUT2D eigenvalue weighted by molar-refractivity contribution is -0.138. The number of hydrogen-bond acceptors (Lipinski definition) is 9. The van der Waals surface area contributed by atoms with E-state index in [9.17, 15) is 28.0 Å². The van der Waals surface area contributed by atoms with E-state index in [0.29, 0.717) is 76.2 Å². The van der Waals surface area contributed by atoms with Gasteiger partial charge in [-0.1, -0.05) is 48.9 Å². The highest BCUT2D eigenvalue weighted by atomic mass is 35.5. The number of fused-ring (bicyclic) bond motifs is 2. The van der Waals surface area contributed by atoms with Gasteiger partial charge in [-0.05, 0) is 100 Å². The molecular weight excluding hydrogens is 1010 g/mol. The van der Waals surface area contributed by atoms with Gasteiger partial charge in [0.2, 0.25) is 17.7 Å². The van der Waals surface area contributed by atoms with Crippen LogP contribution in [-0.2, 0) is 22.2 Å². The summed E-state index contributed by atoms with van der Waals surface area (Å²) in [6, 6.07) is 12.7. The molecular formula is C54H57ClF6N8O6. The van der Waals surface area contributed by atoms with Crippen molar-refractivity contribution in [2.24, 2.45) is 24.6 Å². The van der Waals surface area contributed by atoms with Crippen molar-refractivity contribution in [1.29, 1.82) is 0 Å². The third kappa shape index (κ3) is 9.77. The minimum atomic E-state index is -3.40. The summed E-state index contributed by atoms with van der Waals surface area (Å²) >= 11 is 6.61. The minimum Gasteiger partial charge on any atom is -0.480 e. The van der Waals surface area contributed by atoms with Crippen molar-refractivity contribution >= 4 is 52.1 Å². The summed E-state index contributed by atoms with van der Waals surface area (Å²) in [5, 5.41) is 9.84. The van der Waals surface area contributed by atoms with Crippen molar-refractivity contribution in [2.75, 3.05) is 50.7 Å². The monoisotopic (exact) mass is 1060 g/mol. The highest BCUT2D eigenvalue weighted by Gasteiger charge is 2.50. The molecule has 4 aliphatic heterocycles. The molecule has 10 rings (SSSR count). The van der Waals surface area contributed by atoms with Gasteiger partial charge in [-0.15, -0.1) is 0 Å². The molecule has 1 saturated carbocycles. The van der Waals surface area contributed by atoms with Crippen LogP contribution >= 0.6 is 11.6 Å². The van der Waals surface area contributed by atoms with Crippen LogP contribution in [0.1, 0.15) is 104 Å². The number of hydrogen-bond donors (Lipinski definition) is 3. The number of anilines is 1. The highest BCUT2D eigenvalue weighted by Crippen LogP contribution is 2.57. The largest absolute Gasteiger partial charge is 0.480 e. The maximum atomic E-state index is 16.3. The number of piperidine rings is 2. The topological polar surface area (TPSA) is 164 Å². The van der Waals surface area contributed by atoms with Crippen molar-refractivity contribution in [1.82, 2.24) is 30.2 Å². The Bertz CT molecular complexity index is 3050. The van der Waals surface area contributed by atoms with Gasteiger partial charge >= 0.3 is 12.6 Å². The van der Waals surface area contributed by atoms with Crippen LogP contribution in [0.5, 0.6) is 11.5 Å². The fourth-order valence-corrected chi connectivity index (χ4v) is 12.6. The molecule has 4 N–H and O–H groups in total.